The molecule has 1 saturated carbocycles. The van der Waals surface area contributed by atoms with E-state index < -0.39 is 0 Å². The van der Waals surface area contributed by atoms with Gasteiger partial charge in [0.2, 0.25) is 0 Å². The van der Waals surface area contributed by atoms with Crippen molar-refractivity contribution in [2.45, 2.75) is 64.8 Å². The highest BCUT2D eigenvalue weighted by atomic mass is 14.9. The highest BCUT2D eigenvalue weighted by molar-refractivity contribution is 4.94. The van der Waals surface area contributed by atoms with Crippen LogP contribution in [0.3, 0.4) is 0 Å². The lowest BCUT2D eigenvalue weighted by Gasteiger charge is -2.19. The summed E-state index contributed by atoms with van der Waals surface area (Å²) in [5.41, 5.74) is 6.63. The van der Waals surface area contributed by atoms with Crippen molar-refractivity contribution in [1.29, 1.82) is 0 Å². The van der Waals surface area contributed by atoms with E-state index in [0.29, 0.717) is 5.41 Å². The molecular formula is C13H28N2. The van der Waals surface area contributed by atoms with Gasteiger partial charge in [-0.3, -0.25) is 0 Å². The van der Waals surface area contributed by atoms with Crippen LogP contribution in [-0.4, -0.2) is 18.6 Å². The van der Waals surface area contributed by atoms with Gasteiger partial charge in [-0.25, -0.2) is 0 Å². The quantitative estimate of drug-likeness (QED) is 0.607. The zero-order valence-corrected chi connectivity index (χ0v) is 10.7. The van der Waals surface area contributed by atoms with Crippen LogP contribution in [-0.2, 0) is 0 Å². The summed E-state index contributed by atoms with van der Waals surface area (Å²) >= 11 is 0. The average Bonchev–Trinajstić information content (AvgIpc) is 2.83. The molecule has 0 aromatic rings. The van der Waals surface area contributed by atoms with E-state index in [1.54, 1.807) is 0 Å². The van der Waals surface area contributed by atoms with Gasteiger partial charge in [-0.15, -0.1) is 0 Å². The fourth-order valence-electron chi connectivity index (χ4n) is 2.24. The summed E-state index contributed by atoms with van der Waals surface area (Å²) < 4.78 is 0. The van der Waals surface area contributed by atoms with Crippen molar-refractivity contribution in [3.05, 3.63) is 0 Å². The molecule has 90 valence electrons. The largest absolute Gasteiger partial charge is 0.326 e. The Balaban J connectivity index is 1.98. The molecule has 0 radical (unpaired) electrons. The van der Waals surface area contributed by atoms with E-state index in [-0.39, 0.29) is 5.54 Å². The minimum absolute atomic E-state index is 0.00235. The van der Waals surface area contributed by atoms with Crippen molar-refractivity contribution in [2.24, 2.45) is 11.1 Å². The highest BCUT2D eigenvalue weighted by Crippen LogP contribution is 2.48. The second-order valence-electron chi connectivity index (χ2n) is 6.02. The maximum absolute atomic E-state index is 5.94. The van der Waals surface area contributed by atoms with Crippen molar-refractivity contribution in [2.75, 3.05) is 13.1 Å². The Labute approximate surface area is 95.0 Å². The molecule has 2 heteroatoms. The second-order valence-corrected chi connectivity index (χ2v) is 6.02. The first-order valence-electron chi connectivity index (χ1n) is 6.47. The third-order valence-electron chi connectivity index (χ3n) is 3.41. The lowest BCUT2D eigenvalue weighted by Crippen LogP contribution is -2.33. The molecule has 0 heterocycles. The SMILES string of the molecule is CCCC1(CNCCCC(C)(C)N)CC1. The molecule has 0 saturated heterocycles. The smallest absolute Gasteiger partial charge is 0.00975 e. The maximum Gasteiger partial charge on any atom is 0.00975 e. The summed E-state index contributed by atoms with van der Waals surface area (Å²) in [4.78, 5) is 0. The van der Waals surface area contributed by atoms with Gasteiger partial charge in [-0.1, -0.05) is 13.3 Å². The van der Waals surface area contributed by atoms with Crippen LogP contribution in [0.2, 0.25) is 0 Å². The first kappa shape index (κ1) is 13.0. The van der Waals surface area contributed by atoms with Gasteiger partial charge in [0.1, 0.15) is 0 Å². The standard InChI is InChI=1S/C13H28N2/c1-4-6-13(8-9-13)11-15-10-5-7-12(2,3)14/h15H,4-11,14H2,1-3H3. The van der Waals surface area contributed by atoms with Crippen molar-refractivity contribution < 1.29 is 0 Å². The molecule has 0 unspecified atom stereocenters. The molecule has 1 rings (SSSR count). The molecule has 0 aromatic carbocycles. The van der Waals surface area contributed by atoms with E-state index in [1.807, 2.05) is 0 Å². The first-order valence-corrected chi connectivity index (χ1v) is 6.47. The van der Waals surface area contributed by atoms with Gasteiger partial charge in [-0.2, -0.15) is 0 Å². The van der Waals surface area contributed by atoms with Crippen LogP contribution in [0.4, 0.5) is 0 Å². The number of hydrogen-bond acceptors (Lipinski definition) is 2. The van der Waals surface area contributed by atoms with E-state index in [4.69, 9.17) is 5.73 Å². The zero-order chi connectivity index (χ0) is 11.4. The normalized spacial score (nSPS) is 19.2. The topological polar surface area (TPSA) is 38.0 Å². The monoisotopic (exact) mass is 212 g/mol. The lowest BCUT2D eigenvalue weighted by atomic mass is 9.99. The molecule has 2 nitrogen and oxygen atoms in total. The molecular weight excluding hydrogens is 184 g/mol. The predicted octanol–water partition coefficient (Wildman–Crippen LogP) is 2.67. The Hall–Kier alpha value is -0.0800. The zero-order valence-electron chi connectivity index (χ0n) is 10.7. The molecule has 3 N–H and O–H groups in total. The Bertz CT molecular complexity index is 177. The van der Waals surface area contributed by atoms with Gasteiger partial charge in [0.25, 0.3) is 0 Å². The van der Waals surface area contributed by atoms with Crippen molar-refractivity contribution >= 4 is 0 Å². The van der Waals surface area contributed by atoms with Gasteiger partial charge in [0.15, 0.2) is 0 Å². The van der Waals surface area contributed by atoms with Crippen LogP contribution in [0.25, 0.3) is 0 Å². The van der Waals surface area contributed by atoms with Crippen molar-refractivity contribution in [3.63, 3.8) is 0 Å². The molecule has 0 amide bonds. The van der Waals surface area contributed by atoms with Gasteiger partial charge in [0, 0.05) is 12.1 Å². The van der Waals surface area contributed by atoms with E-state index in [2.05, 4.69) is 26.1 Å². The lowest BCUT2D eigenvalue weighted by molar-refractivity contribution is 0.401. The highest BCUT2D eigenvalue weighted by Gasteiger charge is 2.40. The molecule has 0 atom stereocenters. The summed E-state index contributed by atoms with van der Waals surface area (Å²) in [5.74, 6) is 0. The van der Waals surface area contributed by atoms with Crippen LogP contribution in [0.5, 0.6) is 0 Å². The van der Waals surface area contributed by atoms with E-state index in [0.717, 1.165) is 13.0 Å². The third kappa shape index (κ3) is 5.53. The Morgan fingerprint density at radius 2 is 2.00 bits per heavy atom. The Kier molecular flexibility index (Phi) is 4.60. The van der Waals surface area contributed by atoms with E-state index in [1.165, 1.54) is 38.6 Å². The Morgan fingerprint density at radius 3 is 2.47 bits per heavy atom. The number of hydrogen-bond donors (Lipinski definition) is 2. The average molecular weight is 212 g/mol. The van der Waals surface area contributed by atoms with Gasteiger partial charge < -0.3 is 11.1 Å². The van der Waals surface area contributed by atoms with Crippen molar-refractivity contribution in [3.8, 4) is 0 Å². The van der Waals surface area contributed by atoms with Crippen LogP contribution < -0.4 is 11.1 Å². The molecule has 15 heavy (non-hydrogen) atoms. The van der Waals surface area contributed by atoms with Gasteiger partial charge >= 0.3 is 0 Å². The fraction of sp³-hybridized carbons (Fsp3) is 1.00. The molecule has 1 aliphatic rings. The summed E-state index contributed by atoms with van der Waals surface area (Å²) in [6.07, 6.45) is 7.93. The first-order chi connectivity index (χ1) is 6.97. The van der Waals surface area contributed by atoms with Crippen LogP contribution in [0.1, 0.15) is 59.3 Å². The number of rotatable bonds is 8. The molecule has 0 spiro atoms. The number of nitrogens with two attached hydrogens (primary N) is 1. The van der Waals surface area contributed by atoms with Crippen LogP contribution in [0, 0.1) is 5.41 Å². The minimum atomic E-state index is 0.00235. The van der Waals surface area contributed by atoms with E-state index in [9.17, 15) is 0 Å². The minimum Gasteiger partial charge on any atom is -0.326 e. The molecule has 1 aliphatic carbocycles. The predicted molar refractivity (Wildman–Crippen MR) is 66.9 cm³/mol. The Morgan fingerprint density at radius 1 is 1.33 bits per heavy atom. The second kappa shape index (κ2) is 5.31. The van der Waals surface area contributed by atoms with Crippen molar-refractivity contribution in [1.82, 2.24) is 5.32 Å². The summed E-state index contributed by atoms with van der Waals surface area (Å²) in [5, 5.41) is 3.59. The van der Waals surface area contributed by atoms with Crippen LogP contribution >= 0.6 is 0 Å². The van der Waals surface area contributed by atoms with Crippen LogP contribution in [0.15, 0.2) is 0 Å². The maximum atomic E-state index is 5.94. The third-order valence-corrected chi connectivity index (χ3v) is 3.41. The molecule has 0 bridgehead atoms. The summed E-state index contributed by atoms with van der Waals surface area (Å²) in [6, 6.07) is 0. The number of nitrogens with one attached hydrogen (secondary N) is 1. The van der Waals surface area contributed by atoms with Gasteiger partial charge in [-0.05, 0) is 57.9 Å². The van der Waals surface area contributed by atoms with Gasteiger partial charge in [0.05, 0.1) is 0 Å². The fourth-order valence-corrected chi connectivity index (χ4v) is 2.24. The summed E-state index contributed by atoms with van der Waals surface area (Å²) in [7, 11) is 0. The summed E-state index contributed by atoms with van der Waals surface area (Å²) in [6.45, 7) is 8.86. The molecule has 0 aromatic heterocycles. The molecule has 0 aliphatic heterocycles. The molecule has 1 fully saturated rings. The van der Waals surface area contributed by atoms with E-state index >= 15 is 0 Å².